The van der Waals surface area contributed by atoms with Gasteiger partial charge in [0.25, 0.3) is 0 Å². The van der Waals surface area contributed by atoms with Crippen molar-refractivity contribution in [1.29, 1.82) is 0 Å². The van der Waals surface area contributed by atoms with E-state index in [1.807, 2.05) is 0 Å². The monoisotopic (exact) mass is 374 g/mol. The second kappa shape index (κ2) is 5.55. The molecule has 0 unspecified atom stereocenters. The van der Waals surface area contributed by atoms with Crippen molar-refractivity contribution in [2.24, 2.45) is 28.6 Å². The summed E-state index contributed by atoms with van der Waals surface area (Å²) < 4.78 is 6.11. The Morgan fingerprint density at radius 2 is 1.70 bits per heavy atom. The summed E-state index contributed by atoms with van der Waals surface area (Å²) >= 11 is 0. The molecule has 3 aliphatic rings. The number of benzene rings is 1. The van der Waals surface area contributed by atoms with Crippen molar-refractivity contribution in [1.82, 2.24) is 0 Å². The van der Waals surface area contributed by atoms with Gasteiger partial charge in [0.05, 0.1) is 5.56 Å². The molecule has 5 heteroatoms. The molecule has 148 valence electrons. The zero-order chi connectivity index (χ0) is 19.8. The highest BCUT2D eigenvalue weighted by atomic mass is 16.6. The lowest BCUT2D eigenvalue weighted by molar-refractivity contribution is -0.0920. The fraction of sp³-hybridized carbons (Fsp3) is 0.682. The standard InChI is InChI=1S/C22H30O5/c1-12-5-8-22-11-14(12)20(2,3)17(22)6-7-21(22,4)27-19(26)13-9-15(23)18(25)16(24)10-13/h9-10,12,14,17,23-25H,5-8,11H2,1-4H3/t12-,14-,17+,21-,22+/m1/s1. The molecule has 4 rings (SSSR count). The topological polar surface area (TPSA) is 87.0 Å². The van der Waals surface area contributed by atoms with Gasteiger partial charge in [-0.05, 0) is 74.3 Å². The molecule has 0 radical (unpaired) electrons. The van der Waals surface area contributed by atoms with Gasteiger partial charge in [0.2, 0.25) is 0 Å². The molecule has 0 heterocycles. The summed E-state index contributed by atoms with van der Waals surface area (Å²) in [6.07, 6.45) is 5.24. The molecule has 2 bridgehead atoms. The van der Waals surface area contributed by atoms with E-state index < -0.39 is 28.8 Å². The number of aromatic hydroxyl groups is 3. The van der Waals surface area contributed by atoms with E-state index in [2.05, 4.69) is 27.7 Å². The van der Waals surface area contributed by atoms with Gasteiger partial charge in [-0.1, -0.05) is 20.8 Å². The molecular weight excluding hydrogens is 344 g/mol. The molecule has 3 N–H and O–H groups in total. The van der Waals surface area contributed by atoms with Crippen LogP contribution in [-0.2, 0) is 4.74 Å². The maximum absolute atomic E-state index is 12.9. The van der Waals surface area contributed by atoms with Crippen LogP contribution in [0.25, 0.3) is 0 Å². The lowest BCUT2D eigenvalue weighted by Gasteiger charge is -2.46. The Balaban J connectivity index is 1.66. The quantitative estimate of drug-likeness (QED) is 0.520. The fourth-order valence-corrected chi connectivity index (χ4v) is 6.97. The number of carbonyl (C=O) groups is 1. The summed E-state index contributed by atoms with van der Waals surface area (Å²) in [5, 5.41) is 29.0. The number of phenolic OH excluding ortho intramolecular Hbond substituents is 3. The van der Waals surface area contributed by atoms with E-state index in [4.69, 9.17) is 4.74 Å². The van der Waals surface area contributed by atoms with E-state index in [0.717, 1.165) is 37.8 Å². The van der Waals surface area contributed by atoms with Gasteiger partial charge in [0.15, 0.2) is 17.2 Å². The summed E-state index contributed by atoms with van der Waals surface area (Å²) in [7, 11) is 0. The minimum Gasteiger partial charge on any atom is -0.504 e. The van der Waals surface area contributed by atoms with Crippen molar-refractivity contribution in [2.45, 2.75) is 65.4 Å². The Bertz CT molecular complexity index is 777. The smallest absolute Gasteiger partial charge is 0.338 e. The van der Waals surface area contributed by atoms with Crippen LogP contribution in [0.4, 0.5) is 0 Å². The third-order valence-corrected chi connectivity index (χ3v) is 8.42. The number of hydrogen-bond acceptors (Lipinski definition) is 5. The van der Waals surface area contributed by atoms with Crippen LogP contribution >= 0.6 is 0 Å². The van der Waals surface area contributed by atoms with E-state index in [9.17, 15) is 20.1 Å². The van der Waals surface area contributed by atoms with E-state index in [0.29, 0.717) is 17.8 Å². The Morgan fingerprint density at radius 1 is 1.07 bits per heavy atom. The van der Waals surface area contributed by atoms with Crippen LogP contribution < -0.4 is 0 Å². The molecule has 1 aromatic carbocycles. The van der Waals surface area contributed by atoms with Gasteiger partial charge in [-0.2, -0.15) is 0 Å². The maximum atomic E-state index is 12.9. The minimum absolute atomic E-state index is 0.00431. The summed E-state index contributed by atoms with van der Waals surface area (Å²) in [6.45, 7) is 9.19. The van der Waals surface area contributed by atoms with Gasteiger partial charge in [-0.15, -0.1) is 0 Å². The second-order valence-electron chi connectivity index (χ2n) is 9.88. The molecule has 3 fully saturated rings. The summed E-state index contributed by atoms with van der Waals surface area (Å²) in [4.78, 5) is 12.9. The Labute approximate surface area is 160 Å². The number of rotatable bonds is 2. The highest BCUT2D eigenvalue weighted by Crippen LogP contribution is 2.74. The number of esters is 1. The van der Waals surface area contributed by atoms with Crippen LogP contribution in [0.3, 0.4) is 0 Å². The molecule has 0 aromatic heterocycles. The normalized spacial score (nSPS) is 39.2. The van der Waals surface area contributed by atoms with Crippen LogP contribution in [0.5, 0.6) is 17.2 Å². The van der Waals surface area contributed by atoms with Crippen LogP contribution in [-0.4, -0.2) is 26.9 Å². The molecule has 1 aromatic rings. The van der Waals surface area contributed by atoms with E-state index in [-0.39, 0.29) is 16.4 Å². The highest BCUT2D eigenvalue weighted by Gasteiger charge is 2.71. The molecular formula is C22H30O5. The highest BCUT2D eigenvalue weighted by molar-refractivity contribution is 5.91. The van der Waals surface area contributed by atoms with Crippen LogP contribution in [0.15, 0.2) is 12.1 Å². The van der Waals surface area contributed by atoms with Crippen LogP contribution in [0.1, 0.15) is 70.2 Å². The van der Waals surface area contributed by atoms with Gasteiger partial charge in [-0.25, -0.2) is 4.79 Å². The molecule has 3 saturated carbocycles. The van der Waals surface area contributed by atoms with E-state index in [1.165, 1.54) is 6.42 Å². The van der Waals surface area contributed by atoms with Crippen molar-refractivity contribution in [3.63, 3.8) is 0 Å². The van der Waals surface area contributed by atoms with Crippen molar-refractivity contribution < 1.29 is 24.9 Å². The zero-order valence-corrected chi connectivity index (χ0v) is 16.6. The first-order valence-electron chi connectivity index (χ1n) is 10.0. The fourth-order valence-electron chi connectivity index (χ4n) is 6.97. The van der Waals surface area contributed by atoms with Crippen molar-refractivity contribution in [3.05, 3.63) is 17.7 Å². The lowest BCUT2D eigenvalue weighted by atomic mass is 9.63. The molecule has 3 aliphatic carbocycles. The Kier molecular flexibility index (Phi) is 3.80. The van der Waals surface area contributed by atoms with Crippen molar-refractivity contribution in [2.75, 3.05) is 0 Å². The summed E-state index contributed by atoms with van der Waals surface area (Å²) in [5.74, 6) is -0.346. The third-order valence-electron chi connectivity index (χ3n) is 8.42. The average molecular weight is 374 g/mol. The van der Waals surface area contributed by atoms with Crippen LogP contribution in [0.2, 0.25) is 0 Å². The van der Waals surface area contributed by atoms with E-state index in [1.54, 1.807) is 0 Å². The minimum atomic E-state index is -0.626. The Morgan fingerprint density at radius 3 is 2.33 bits per heavy atom. The molecule has 1 spiro atoms. The molecule has 0 saturated heterocycles. The van der Waals surface area contributed by atoms with Gasteiger partial charge >= 0.3 is 5.97 Å². The molecule has 5 atom stereocenters. The van der Waals surface area contributed by atoms with Crippen molar-refractivity contribution >= 4 is 5.97 Å². The first kappa shape index (κ1) is 18.5. The van der Waals surface area contributed by atoms with Crippen molar-refractivity contribution in [3.8, 4) is 17.2 Å². The first-order chi connectivity index (χ1) is 12.5. The third kappa shape index (κ3) is 2.33. The SMILES string of the molecule is C[C@@H]1CC[C@]23C[C@H]1C(C)(C)[C@@H]2CC[C@@]3(C)OC(=O)c1cc(O)c(O)c(O)c1. The average Bonchev–Trinajstić information content (AvgIpc) is 2.97. The number of ether oxygens (including phenoxy) is 1. The molecule has 5 nitrogen and oxygen atoms in total. The predicted octanol–water partition coefficient (Wildman–Crippen LogP) is 4.59. The predicted molar refractivity (Wildman–Crippen MR) is 101 cm³/mol. The van der Waals surface area contributed by atoms with Gasteiger partial charge < -0.3 is 20.1 Å². The maximum Gasteiger partial charge on any atom is 0.338 e. The zero-order valence-electron chi connectivity index (χ0n) is 16.6. The number of hydrogen-bond donors (Lipinski definition) is 3. The number of phenols is 3. The lowest BCUT2D eigenvalue weighted by Crippen LogP contribution is -2.48. The van der Waals surface area contributed by atoms with Gasteiger partial charge in [-0.3, -0.25) is 0 Å². The Hall–Kier alpha value is -1.91. The van der Waals surface area contributed by atoms with Crippen LogP contribution in [0, 0.1) is 28.6 Å². The van der Waals surface area contributed by atoms with E-state index >= 15 is 0 Å². The largest absolute Gasteiger partial charge is 0.504 e. The van der Waals surface area contributed by atoms with Gasteiger partial charge in [0, 0.05) is 5.41 Å². The molecule has 0 amide bonds. The molecule has 27 heavy (non-hydrogen) atoms. The number of fused-ring (bicyclic) bond motifs is 1. The first-order valence-corrected chi connectivity index (χ1v) is 10.0. The second-order valence-corrected chi connectivity index (χ2v) is 9.88. The summed E-state index contributed by atoms with van der Waals surface area (Å²) in [5.41, 5.74) is -0.245. The molecule has 0 aliphatic heterocycles. The summed E-state index contributed by atoms with van der Waals surface area (Å²) in [6, 6.07) is 2.30. The van der Waals surface area contributed by atoms with Gasteiger partial charge in [0.1, 0.15) is 5.60 Å². The number of carbonyl (C=O) groups excluding carboxylic acids is 1.